The van der Waals surface area contributed by atoms with E-state index in [1.54, 1.807) is 42.7 Å². The minimum Gasteiger partial charge on any atom is -0.324 e. The Hall–Kier alpha value is -2.53. The number of benzene rings is 1. The topological polar surface area (TPSA) is 62.3 Å². The summed E-state index contributed by atoms with van der Waals surface area (Å²) < 4.78 is 0. The largest absolute Gasteiger partial charge is 0.324 e. The molecule has 1 aromatic carbocycles. The van der Waals surface area contributed by atoms with Gasteiger partial charge in [0.05, 0.1) is 0 Å². The molecule has 0 saturated heterocycles. The molecule has 0 aliphatic carbocycles. The van der Waals surface area contributed by atoms with Crippen LogP contribution < -0.4 is 5.32 Å². The number of Topliss-reactive ketones (excluding diaryl/α,β-unsaturated/α-hetero) is 1. The highest BCUT2D eigenvalue weighted by molar-refractivity contribution is 5.97. The van der Waals surface area contributed by atoms with Crippen LogP contribution in [0.5, 0.6) is 0 Å². The number of aromatic nitrogens is 1. The van der Waals surface area contributed by atoms with Gasteiger partial charge in [0.2, 0.25) is 5.91 Å². The third-order valence-corrected chi connectivity index (χ3v) is 3.32. The number of rotatable bonds is 5. The molecule has 2 aromatic rings. The highest BCUT2D eigenvalue weighted by Gasteiger charge is 2.23. The number of hydrogen-bond donors (Lipinski definition) is 1. The fourth-order valence-corrected chi connectivity index (χ4v) is 2.22. The van der Waals surface area contributed by atoms with E-state index < -0.39 is 6.04 Å². The molecule has 1 N–H and O–H groups in total. The van der Waals surface area contributed by atoms with E-state index >= 15 is 0 Å². The van der Waals surface area contributed by atoms with E-state index in [2.05, 4.69) is 10.3 Å². The Morgan fingerprint density at radius 3 is 2.32 bits per heavy atom. The molecule has 0 aliphatic rings. The van der Waals surface area contributed by atoms with Crippen molar-refractivity contribution in [3.63, 3.8) is 0 Å². The first-order valence-corrected chi connectivity index (χ1v) is 6.97. The summed E-state index contributed by atoms with van der Waals surface area (Å²) in [6, 6.07) is 10.1. The van der Waals surface area contributed by atoms with E-state index in [4.69, 9.17) is 0 Å². The zero-order valence-corrected chi connectivity index (χ0v) is 12.9. The molecule has 0 saturated carbocycles. The SMILES string of the molecule is CC(=O)c1ccc(NC(=O)C(c2cccnc2)N(C)C)cc1. The number of pyridine rings is 1. The average molecular weight is 297 g/mol. The Kier molecular flexibility index (Phi) is 5.01. The lowest BCUT2D eigenvalue weighted by atomic mass is 10.1. The summed E-state index contributed by atoms with van der Waals surface area (Å²) in [6.45, 7) is 1.51. The Balaban J connectivity index is 2.16. The second kappa shape index (κ2) is 6.95. The van der Waals surface area contributed by atoms with Crippen molar-refractivity contribution in [2.45, 2.75) is 13.0 Å². The van der Waals surface area contributed by atoms with Crippen LogP contribution in [0.25, 0.3) is 0 Å². The molecule has 1 atom stereocenters. The average Bonchev–Trinajstić information content (AvgIpc) is 2.48. The zero-order chi connectivity index (χ0) is 16.1. The molecule has 0 radical (unpaired) electrons. The van der Waals surface area contributed by atoms with Gasteiger partial charge in [0.25, 0.3) is 0 Å². The fourth-order valence-electron chi connectivity index (χ4n) is 2.22. The minimum absolute atomic E-state index is 0.000551. The van der Waals surface area contributed by atoms with Gasteiger partial charge in [0, 0.05) is 23.6 Å². The van der Waals surface area contributed by atoms with E-state index in [1.807, 2.05) is 25.1 Å². The quantitative estimate of drug-likeness (QED) is 0.861. The fraction of sp³-hybridized carbons (Fsp3) is 0.235. The van der Waals surface area contributed by atoms with E-state index in [-0.39, 0.29) is 11.7 Å². The van der Waals surface area contributed by atoms with Gasteiger partial charge in [-0.3, -0.25) is 19.5 Å². The Morgan fingerprint density at radius 1 is 1.14 bits per heavy atom. The van der Waals surface area contributed by atoms with Crippen molar-refractivity contribution in [1.82, 2.24) is 9.88 Å². The number of nitrogens with one attached hydrogen (secondary N) is 1. The lowest BCUT2D eigenvalue weighted by molar-refractivity contribution is -0.120. The van der Waals surface area contributed by atoms with Crippen molar-refractivity contribution < 1.29 is 9.59 Å². The predicted molar refractivity (Wildman–Crippen MR) is 85.7 cm³/mol. The summed E-state index contributed by atoms with van der Waals surface area (Å²) in [5.74, 6) is -0.145. The molecular weight excluding hydrogens is 278 g/mol. The first kappa shape index (κ1) is 15.9. The normalized spacial score (nSPS) is 12.0. The smallest absolute Gasteiger partial charge is 0.246 e. The molecule has 0 bridgehead atoms. The number of ketones is 1. The molecule has 114 valence electrons. The number of carbonyl (C=O) groups excluding carboxylic acids is 2. The standard InChI is InChI=1S/C17H19N3O2/c1-12(21)13-6-8-15(9-7-13)19-17(22)16(20(2)3)14-5-4-10-18-11-14/h4-11,16H,1-3H3,(H,19,22). The molecule has 1 aromatic heterocycles. The van der Waals surface area contributed by atoms with Crippen molar-refractivity contribution in [3.05, 3.63) is 59.9 Å². The maximum atomic E-state index is 12.5. The molecule has 1 unspecified atom stereocenters. The van der Waals surface area contributed by atoms with Crippen LogP contribution in [0.15, 0.2) is 48.8 Å². The summed E-state index contributed by atoms with van der Waals surface area (Å²) in [6.07, 6.45) is 3.36. The van der Waals surface area contributed by atoms with Gasteiger partial charge in [0.1, 0.15) is 6.04 Å². The minimum atomic E-state index is -0.429. The van der Waals surface area contributed by atoms with Gasteiger partial charge >= 0.3 is 0 Å². The van der Waals surface area contributed by atoms with E-state index in [9.17, 15) is 9.59 Å². The molecule has 1 amide bonds. The summed E-state index contributed by atoms with van der Waals surface area (Å²) in [5.41, 5.74) is 2.10. The molecule has 0 fully saturated rings. The van der Waals surface area contributed by atoms with Gasteiger partial charge in [-0.25, -0.2) is 0 Å². The van der Waals surface area contributed by atoms with Crippen molar-refractivity contribution in [1.29, 1.82) is 0 Å². The van der Waals surface area contributed by atoms with Crippen molar-refractivity contribution in [3.8, 4) is 0 Å². The molecule has 2 rings (SSSR count). The van der Waals surface area contributed by atoms with Crippen LogP contribution >= 0.6 is 0 Å². The first-order chi connectivity index (χ1) is 10.5. The van der Waals surface area contributed by atoms with E-state index in [1.165, 1.54) is 6.92 Å². The number of amides is 1. The number of nitrogens with zero attached hydrogens (tertiary/aromatic N) is 2. The van der Waals surface area contributed by atoms with Gasteiger partial charge in [-0.05, 0) is 56.9 Å². The molecule has 5 heteroatoms. The molecule has 0 spiro atoms. The summed E-state index contributed by atoms with van der Waals surface area (Å²) in [4.78, 5) is 29.7. The van der Waals surface area contributed by atoms with Crippen LogP contribution in [0.1, 0.15) is 28.9 Å². The molecule has 0 aliphatic heterocycles. The van der Waals surface area contributed by atoms with Crippen molar-refractivity contribution in [2.75, 3.05) is 19.4 Å². The Morgan fingerprint density at radius 2 is 1.82 bits per heavy atom. The second-order valence-corrected chi connectivity index (χ2v) is 5.28. The van der Waals surface area contributed by atoms with Crippen molar-refractivity contribution in [2.24, 2.45) is 0 Å². The van der Waals surface area contributed by atoms with Gasteiger partial charge < -0.3 is 5.32 Å². The van der Waals surface area contributed by atoms with Crippen LogP contribution in [-0.4, -0.2) is 35.7 Å². The summed E-state index contributed by atoms with van der Waals surface area (Å²) in [7, 11) is 3.69. The third kappa shape index (κ3) is 3.77. The lowest BCUT2D eigenvalue weighted by Crippen LogP contribution is -2.32. The van der Waals surface area contributed by atoms with Crippen LogP contribution in [0.4, 0.5) is 5.69 Å². The maximum Gasteiger partial charge on any atom is 0.246 e. The van der Waals surface area contributed by atoms with E-state index in [0.29, 0.717) is 11.3 Å². The Labute approximate surface area is 130 Å². The lowest BCUT2D eigenvalue weighted by Gasteiger charge is -2.23. The number of hydrogen-bond acceptors (Lipinski definition) is 4. The summed E-state index contributed by atoms with van der Waals surface area (Å²) in [5, 5.41) is 2.87. The van der Waals surface area contributed by atoms with Crippen LogP contribution in [-0.2, 0) is 4.79 Å². The number of likely N-dealkylation sites (N-methyl/N-ethyl adjacent to an activating group) is 1. The van der Waals surface area contributed by atoms with Crippen LogP contribution in [0.3, 0.4) is 0 Å². The molecule has 1 heterocycles. The van der Waals surface area contributed by atoms with Gasteiger partial charge in [-0.15, -0.1) is 0 Å². The zero-order valence-electron chi connectivity index (χ0n) is 12.9. The third-order valence-electron chi connectivity index (χ3n) is 3.32. The monoisotopic (exact) mass is 297 g/mol. The highest BCUT2D eigenvalue weighted by atomic mass is 16.2. The van der Waals surface area contributed by atoms with Gasteiger partial charge in [0.15, 0.2) is 5.78 Å². The van der Waals surface area contributed by atoms with Gasteiger partial charge in [-0.1, -0.05) is 6.07 Å². The van der Waals surface area contributed by atoms with Gasteiger partial charge in [-0.2, -0.15) is 0 Å². The van der Waals surface area contributed by atoms with Crippen LogP contribution in [0, 0.1) is 0 Å². The molecule has 22 heavy (non-hydrogen) atoms. The predicted octanol–water partition coefficient (Wildman–Crippen LogP) is 2.53. The molecular formula is C17H19N3O2. The second-order valence-electron chi connectivity index (χ2n) is 5.28. The van der Waals surface area contributed by atoms with E-state index in [0.717, 1.165) is 5.56 Å². The maximum absolute atomic E-state index is 12.5. The highest BCUT2D eigenvalue weighted by Crippen LogP contribution is 2.20. The number of carbonyl (C=O) groups is 2. The molecule has 5 nitrogen and oxygen atoms in total. The first-order valence-electron chi connectivity index (χ1n) is 6.97. The van der Waals surface area contributed by atoms with Crippen LogP contribution in [0.2, 0.25) is 0 Å². The summed E-state index contributed by atoms with van der Waals surface area (Å²) >= 11 is 0. The number of anilines is 1. The Bertz CT molecular complexity index is 651. The van der Waals surface area contributed by atoms with Crippen molar-refractivity contribution >= 4 is 17.4 Å².